The second-order valence-corrected chi connectivity index (χ2v) is 3.33. The maximum absolute atomic E-state index is 11.3. The quantitative estimate of drug-likeness (QED) is 0.781. The molecule has 1 N–H and O–H groups in total. The zero-order chi connectivity index (χ0) is 11.3. The van der Waals surface area contributed by atoms with Crippen molar-refractivity contribution < 1.29 is 14.3 Å². The van der Waals surface area contributed by atoms with Crippen LogP contribution in [0.5, 0.6) is 0 Å². The Balaban J connectivity index is 2.77. The summed E-state index contributed by atoms with van der Waals surface area (Å²) in [5.74, 6) is -0.760. The van der Waals surface area contributed by atoms with E-state index in [0.717, 1.165) is 11.5 Å². The van der Waals surface area contributed by atoms with Gasteiger partial charge in [0.25, 0.3) is 0 Å². The lowest BCUT2D eigenvalue weighted by molar-refractivity contribution is -0.115. The summed E-state index contributed by atoms with van der Waals surface area (Å²) < 4.78 is 8.34. The molecule has 0 radical (unpaired) electrons. The van der Waals surface area contributed by atoms with Gasteiger partial charge in [-0.2, -0.15) is 0 Å². The molecule has 0 aromatic carbocycles. The van der Waals surface area contributed by atoms with Crippen LogP contribution in [0.15, 0.2) is 0 Å². The Bertz CT molecular complexity index is 364. The average Bonchev–Trinajstić information content (AvgIpc) is 2.66. The number of anilines is 1. The molecule has 0 aliphatic rings. The number of rotatable bonds is 4. The second-order valence-electron chi connectivity index (χ2n) is 2.57. The minimum atomic E-state index is -0.572. The van der Waals surface area contributed by atoms with E-state index in [2.05, 4.69) is 14.9 Å². The van der Waals surface area contributed by atoms with Gasteiger partial charge in [0.05, 0.1) is 6.61 Å². The summed E-state index contributed by atoms with van der Waals surface area (Å²) in [4.78, 5) is 22.4. The van der Waals surface area contributed by atoms with Crippen LogP contribution < -0.4 is 5.32 Å². The van der Waals surface area contributed by atoms with E-state index in [0.29, 0.717) is 11.4 Å². The van der Waals surface area contributed by atoms with Crippen LogP contribution in [0.2, 0.25) is 0 Å². The Morgan fingerprint density at radius 3 is 2.80 bits per heavy atom. The first-order chi connectivity index (χ1) is 7.19. The lowest BCUT2D eigenvalue weighted by atomic mass is 10.4. The highest BCUT2D eigenvalue weighted by molar-refractivity contribution is 7.10. The van der Waals surface area contributed by atoms with E-state index >= 15 is 0 Å². The molecule has 0 saturated carbocycles. The Labute approximate surface area is 90.8 Å². The van der Waals surface area contributed by atoms with Gasteiger partial charge in [-0.15, -0.1) is 5.10 Å². The van der Waals surface area contributed by atoms with Crippen LogP contribution in [-0.2, 0) is 9.53 Å². The number of hydrogen-bond acceptors (Lipinski definition) is 6. The number of amides is 1. The van der Waals surface area contributed by atoms with Gasteiger partial charge in [0, 0.05) is 18.0 Å². The molecule has 0 spiro atoms. The minimum absolute atomic E-state index is 0.0589. The third kappa shape index (κ3) is 2.98. The van der Waals surface area contributed by atoms with Crippen LogP contribution in [0.3, 0.4) is 0 Å². The molecule has 0 atom stereocenters. The molecule has 1 rings (SSSR count). The minimum Gasteiger partial charge on any atom is -0.461 e. The van der Waals surface area contributed by atoms with Gasteiger partial charge in [0.15, 0.2) is 5.00 Å². The third-order valence-corrected chi connectivity index (χ3v) is 2.17. The van der Waals surface area contributed by atoms with E-state index < -0.39 is 5.97 Å². The number of carbonyl (C=O) groups excluding carboxylic acids is 2. The van der Waals surface area contributed by atoms with Gasteiger partial charge >= 0.3 is 5.97 Å². The van der Waals surface area contributed by atoms with E-state index in [1.54, 1.807) is 13.8 Å². The molecule has 1 amide bonds. The Hall–Kier alpha value is -1.50. The normalized spacial score (nSPS) is 9.73. The Kier molecular flexibility index (Phi) is 4.17. The predicted molar refractivity (Wildman–Crippen MR) is 54.8 cm³/mol. The lowest BCUT2D eigenvalue weighted by Gasteiger charge is -2.01. The molecule has 1 aromatic heterocycles. The van der Waals surface area contributed by atoms with Crippen LogP contribution in [-0.4, -0.2) is 28.1 Å². The average molecular weight is 229 g/mol. The van der Waals surface area contributed by atoms with Gasteiger partial charge in [-0.05, 0) is 6.92 Å². The first kappa shape index (κ1) is 11.6. The maximum Gasteiger partial charge on any atom is 0.362 e. The van der Waals surface area contributed by atoms with Gasteiger partial charge in [-0.3, -0.25) is 4.79 Å². The molecule has 82 valence electrons. The van der Waals surface area contributed by atoms with Crippen molar-refractivity contribution in [3.63, 3.8) is 0 Å². The summed E-state index contributed by atoms with van der Waals surface area (Å²) in [6.07, 6.45) is 0.333. The Morgan fingerprint density at radius 2 is 2.20 bits per heavy atom. The van der Waals surface area contributed by atoms with Crippen molar-refractivity contribution in [1.82, 2.24) is 9.59 Å². The third-order valence-electron chi connectivity index (χ3n) is 1.53. The summed E-state index contributed by atoms with van der Waals surface area (Å²) in [5.41, 5.74) is 0.0589. The number of ether oxygens (including phenoxy) is 1. The van der Waals surface area contributed by atoms with E-state index in [1.165, 1.54) is 0 Å². The zero-order valence-corrected chi connectivity index (χ0v) is 9.26. The topological polar surface area (TPSA) is 81.2 Å². The van der Waals surface area contributed by atoms with E-state index in [9.17, 15) is 9.59 Å². The Morgan fingerprint density at radius 1 is 1.47 bits per heavy atom. The molecule has 0 unspecified atom stereocenters. The molecule has 1 heterocycles. The van der Waals surface area contributed by atoms with Crippen molar-refractivity contribution in [2.75, 3.05) is 11.9 Å². The maximum atomic E-state index is 11.3. The van der Waals surface area contributed by atoms with Gasteiger partial charge in [0.1, 0.15) is 0 Å². The fourth-order valence-electron chi connectivity index (χ4n) is 0.821. The second kappa shape index (κ2) is 5.40. The molecule has 15 heavy (non-hydrogen) atoms. The highest BCUT2D eigenvalue weighted by Crippen LogP contribution is 2.18. The number of aromatic nitrogens is 2. The lowest BCUT2D eigenvalue weighted by Crippen LogP contribution is -2.13. The summed E-state index contributed by atoms with van der Waals surface area (Å²) in [5, 5.41) is 6.47. The molecule has 7 heteroatoms. The highest BCUT2D eigenvalue weighted by Gasteiger charge is 2.18. The number of nitrogens with zero attached hydrogens (tertiary/aromatic N) is 2. The summed E-state index contributed by atoms with van der Waals surface area (Å²) in [6.45, 7) is 3.67. The molecule has 0 fully saturated rings. The molecule has 0 aliphatic carbocycles. The van der Waals surface area contributed by atoms with Crippen molar-refractivity contribution in [1.29, 1.82) is 0 Å². The largest absolute Gasteiger partial charge is 0.461 e. The number of nitrogens with one attached hydrogen (secondary N) is 1. The fraction of sp³-hybridized carbons (Fsp3) is 0.500. The van der Waals surface area contributed by atoms with Gasteiger partial charge < -0.3 is 10.1 Å². The van der Waals surface area contributed by atoms with E-state index in [4.69, 9.17) is 4.74 Å². The van der Waals surface area contributed by atoms with Gasteiger partial charge in [-0.1, -0.05) is 11.4 Å². The van der Waals surface area contributed by atoms with Crippen LogP contribution in [0.1, 0.15) is 30.8 Å². The van der Waals surface area contributed by atoms with Crippen molar-refractivity contribution in [3.8, 4) is 0 Å². The van der Waals surface area contributed by atoms with Crippen LogP contribution in [0.25, 0.3) is 0 Å². The molecule has 1 aromatic rings. The number of carbonyl (C=O) groups is 2. The fourth-order valence-corrected chi connectivity index (χ4v) is 1.39. The SMILES string of the molecule is CCOC(=O)c1nnsc1NC(=O)CC. The highest BCUT2D eigenvalue weighted by atomic mass is 32.1. The van der Waals surface area contributed by atoms with Crippen molar-refractivity contribution in [2.45, 2.75) is 20.3 Å². The molecule has 0 saturated heterocycles. The predicted octanol–water partition coefficient (Wildman–Crippen LogP) is 1.06. The molecular weight excluding hydrogens is 218 g/mol. The first-order valence-corrected chi connectivity index (χ1v) is 5.25. The summed E-state index contributed by atoms with van der Waals surface area (Å²) in [6, 6.07) is 0. The van der Waals surface area contributed by atoms with Crippen LogP contribution in [0, 0.1) is 0 Å². The van der Waals surface area contributed by atoms with Crippen LogP contribution in [0.4, 0.5) is 5.00 Å². The summed E-state index contributed by atoms with van der Waals surface area (Å²) in [7, 11) is 0. The van der Waals surface area contributed by atoms with Crippen molar-refractivity contribution >= 4 is 28.4 Å². The monoisotopic (exact) mass is 229 g/mol. The molecular formula is C8H11N3O3S. The van der Waals surface area contributed by atoms with Crippen molar-refractivity contribution in [3.05, 3.63) is 5.69 Å². The number of hydrogen-bond donors (Lipinski definition) is 1. The number of esters is 1. The van der Waals surface area contributed by atoms with Crippen molar-refractivity contribution in [2.24, 2.45) is 0 Å². The zero-order valence-electron chi connectivity index (χ0n) is 8.44. The van der Waals surface area contributed by atoms with E-state index in [-0.39, 0.29) is 18.2 Å². The van der Waals surface area contributed by atoms with Gasteiger partial charge in [-0.25, -0.2) is 4.79 Å². The molecule has 0 bridgehead atoms. The molecule has 6 nitrogen and oxygen atoms in total. The standard InChI is InChI=1S/C8H11N3O3S/c1-3-5(12)9-7-6(10-11-15-7)8(13)14-4-2/h3-4H2,1-2H3,(H,9,12). The van der Waals surface area contributed by atoms with Crippen LogP contribution >= 0.6 is 11.5 Å². The summed E-state index contributed by atoms with van der Waals surface area (Å²) >= 11 is 0.954. The smallest absolute Gasteiger partial charge is 0.362 e. The van der Waals surface area contributed by atoms with E-state index in [1.807, 2.05) is 0 Å². The molecule has 0 aliphatic heterocycles. The van der Waals surface area contributed by atoms with Gasteiger partial charge in [0.2, 0.25) is 11.6 Å². The first-order valence-electron chi connectivity index (χ1n) is 4.48.